The van der Waals surface area contributed by atoms with Crippen molar-refractivity contribution < 1.29 is 9.18 Å². The Hall–Kier alpha value is -3.37. The van der Waals surface area contributed by atoms with Gasteiger partial charge in [0.2, 0.25) is 0 Å². The number of ketones is 1. The van der Waals surface area contributed by atoms with E-state index < -0.39 is 5.82 Å². The molecule has 0 unspecified atom stereocenters. The van der Waals surface area contributed by atoms with Crippen LogP contribution in [0.2, 0.25) is 0 Å². The molecule has 0 atom stereocenters. The van der Waals surface area contributed by atoms with E-state index in [9.17, 15) is 9.18 Å². The molecule has 0 amide bonds. The normalized spacial score (nSPS) is 10.8. The third kappa shape index (κ3) is 3.19. The molecular weight excluding hydrogens is 423 g/mol. The molecule has 2 heterocycles. The number of carbonyl (C=O) groups is 1. The van der Waals surface area contributed by atoms with E-state index in [1.165, 1.54) is 13.0 Å². The smallest absolute Gasteiger partial charge is 0.178 e. The number of benzene rings is 2. The lowest BCUT2D eigenvalue weighted by Crippen LogP contribution is -2.03. The van der Waals surface area contributed by atoms with Crippen LogP contribution in [0.4, 0.5) is 4.39 Å². The van der Waals surface area contributed by atoms with Gasteiger partial charge in [0.15, 0.2) is 11.4 Å². The fourth-order valence-electron chi connectivity index (χ4n) is 2.90. The van der Waals surface area contributed by atoms with Crippen LogP contribution in [0.1, 0.15) is 23.0 Å². The molecule has 2 aromatic carbocycles. The fraction of sp³-hybridized carbons (Fsp3) is 0.0476. The quantitative estimate of drug-likeness (QED) is 0.423. The van der Waals surface area contributed by atoms with E-state index in [1.807, 2.05) is 0 Å². The van der Waals surface area contributed by atoms with Crippen molar-refractivity contribution in [3.8, 4) is 28.6 Å². The van der Waals surface area contributed by atoms with Gasteiger partial charge < -0.3 is 0 Å². The molecule has 0 radical (unpaired) electrons. The average molecular weight is 435 g/mol. The minimum absolute atomic E-state index is 0.185. The molecule has 0 aliphatic carbocycles. The molecule has 7 heteroatoms. The molecule has 0 aliphatic heterocycles. The summed E-state index contributed by atoms with van der Waals surface area (Å²) in [6.07, 6.45) is 0. The van der Waals surface area contributed by atoms with Gasteiger partial charge in [-0.25, -0.2) is 13.9 Å². The van der Waals surface area contributed by atoms with Gasteiger partial charge in [-0.2, -0.15) is 10.4 Å². The van der Waals surface area contributed by atoms with Crippen molar-refractivity contribution in [3.05, 3.63) is 76.1 Å². The molecule has 4 rings (SSSR count). The first-order valence-corrected chi connectivity index (χ1v) is 9.13. The van der Waals surface area contributed by atoms with Gasteiger partial charge in [0, 0.05) is 28.6 Å². The molecule has 0 bridgehead atoms. The number of hydrogen-bond acceptors (Lipinski definition) is 4. The van der Waals surface area contributed by atoms with Gasteiger partial charge in [0.1, 0.15) is 11.5 Å². The van der Waals surface area contributed by atoms with E-state index in [-0.39, 0.29) is 11.5 Å². The maximum absolute atomic E-state index is 14.4. The van der Waals surface area contributed by atoms with Crippen molar-refractivity contribution >= 4 is 27.4 Å². The zero-order valence-corrected chi connectivity index (χ0v) is 16.2. The van der Waals surface area contributed by atoms with E-state index in [0.717, 1.165) is 5.56 Å². The lowest BCUT2D eigenvalue weighted by molar-refractivity contribution is 0.101. The number of carbonyl (C=O) groups excluding carboxylic acids is 1. The topological polar surface area (TPSA) is 71.0 Å². The Morgan fingerprint density at radius 2 is 1.89 bits per heavy atom. The van der Waals surface area contributed by atoms with Crippen molar-refractivity contribution in [1.29, 1.82) is 5.26 Å². The predicted molar refractivity (Wildman–Crippen MR) is 106 cm³/mol. The molecule has 5 nitrogen and oxygen atoms in total. The fourth-order valence-corrected chi connectivity index (χ4v) is 3.24. The first kappa shape index (κ1) is 18.0. The second kappa shape index (κ2) is 6.98. The van der Waals surface area contributed by atoms with Crippen LogP contribution in [0.3, 0.4) is 0 Å². The van der Waals surface area contributed by atoms with Gasteiger partial charge in [-0.3, -0.25) is 4.79 Å². The maximum atomic E-state index is 14.4. The minimum atomic E-state index is -0.413. The first-order valence-electron chi connectivity index (χ1n) is 8.34. The molecular formula is C21H12BrFN4O. The van der Waals surface area contributed by atoms with Crippen LogP contribution in [0.25, 0.3) is 28.2 Å². The second-order valence-electron chi connectivity index (χ2n) is 6.20. The Bertz CT molecular complexity index is 1270. The van der Waals surface area contributed by atoms with Crippen LogP contribution in [-0.4, -0.2) is 20.4 Å². The summed E-state index contributed by atoms with van der Waals surface area (Å²) in [5, 5.41) is 13.5. The summed E-state index contributed by atoms with van der Waals surface area (Å²) in [4.78, 5) is 16.3. The molecule has 0 saturated carbocycles. The Balaban J connectivity index is 1.96. The highest BCUT2D eigenvalue weighted by atomic mass is 79.9. The van der Waals surface area contributed by atoms with E-state index in [4.69, 9.17) is 5.26 Å². The zero-order chi connectivity index (χ0) is 19.8. The summed E-state index contributed by atoms with van der Waals surface area (Å²) in [5.41, 5.74) is 3.39. The third-order valence-electron chi connectivity index (χ3n) is 4.30. The standard InChI is InChI=1S/C21H12BrFN4O/c1-12(28)18-9-20(14-4-2-13(11-24)3-5-14)27-21(25-18)10-19(26-27)16-7-6-15(22)8-17(16)23/h2-10H,1H3. The van der Waals surface area contributed by atoms with Gasteiger partial charge in [-0.1, -0.05) is 28.1 Å². The van der Waals surface area contributed by atoms with Crippen molar-refractivity contribution in [1.82, 2.24) is 14.6 Å². The Kier molecular flexibility index (Phi) is 4.49. The number of hydrogen-bond donors (Lipinski definition) is 0. The van der Waals surface area contributed by atoms with Crippen molar-refractivity contribution in [2.24, 2.45) is 0 Å². The average Bonchev–Trinajstić information content (AvgIpc) is 3.11. The number of Topliss-reactive ketones (excluding diaryl/α,β-unsaturated/α-hetero) is 1. The first-order chi connectivity index (χ1) is 13.5. The maximum Gasteiger partial charge on any atom is 0.178 e. The summed E-state index contributed by atoms with van der Waals surface area (Å²) < 4.78 is 16.6. The molecule has 0 spiro atoms. The number of rotatable bonds is 3. The predicted octanol–water partition coefficient (Wildman–Crippen LogP) is 5.04. The van der Waals surface area contributed by atoms with Gasteiger partial charge in [0.05, 0.1) is 23.0 Å². The molecule has 136 valence electrons. The lowest BCUT2D eigenvalue weighted by Gasteiger charge is -2.07. The molecule has 0 saturated heterocycles. The molecule has 4 aromatic rings. The number of halogens is 2. The minimum Gasteiger partial charge on any atom is -0.293 e. The highest BCUT2D eigenvalue weighted by molar-refractivity contribution is 9.10. The monoisotopic (exact) mass is 434 g/mol. The second-order valence-corrected chi connectivity index (χ2v) is 7.11. The third-order valence-corrected chi connectivity index (χ3v) is 4.80. The lowest BCUT2D eigenvalue weighted by atomic mass is 10.1. The largest absolute Gasteiger partial charge is 0.293 e. The van der Waals surface area contributed by atoms with E-state index >= 15 is 0 Å². The summed E-state index contributed by atoms with van der Waals surface area (Å²) in [6, 6.07) is 17.0. The highest BCUT2D eigenvalue weighted by Gasteiger charge is 2.16. The summed E-state index contributed by atoms with van der Waals surface area (Å²) >= 11 is 3.24. The van der Waals surface area contributed by atoms with Crippen LogP contribution >= 0.6 is 15.9 Å². The van der Waals surface area contributed by atoms with Gasteiger partial charge in [-0.15, -0.1) is 0 Å². The zero-order valence-electron chi connectivity index (χ0n) is 14.6. The summed E-state index contributed by atoms with van der Waals surface area (Å²) in [6.45, 7) is 1.44. The Morgan fingerprint density at radius 1 is 1.14 bits per heavy atom. The summed E-state index contributed by atoms with van der Waals surface area (Å²) in [5.74, 6) is -0.598. The highest BCUT2D eigenvalue weighted by Crippen LogP contribution is 2.28. The number of aromatic nitrogens is 3. The van der Waals surface area contributed by atoms with Crippen LogP contribution in [0, 0.1) is 17.1 Å². The van der Waals surface area contributed by atoms with E-state index in [2.05, 4.69) is 32.1 Å². The molecule has 0 aliphatic rings. The van der Waals surface area contributed by atoms with Crippen LogP contribution in [-0.2, 0) is 0 Å². The number of fused-ring (bicyclic) bond motifs is 1. The molecule has 2 aromatic heterocycles. The molecule has 0 fully saturated rings. The van der Waals surface area contributed by atoms with Gasteiger partial charge in [0.25, 0.3) is 0 Å². The molecule has 28 heavy (non-hydrogen) atoms. The SMILES string of the molecule is CC(=O)c1cc(-c2ccc(C#N)cc2)n2nc(-c3ccc(Br)cc3F)cc2n1. The summed E-state index contributed by atoms with van der Waals surface area (Å²) in [7, 11) is 0. The van der Waals surface area contributed by atoms with Crippen molar-refractivity contribution in [2.45, 2.75) is 6.92 Å². The van der Waals surface area contributed by atoms with Crippen LogP contribution in [0.5, 0.6) is 0 Å². The number of nitrogens with zero attached hydrogens (tertiary/aromatic N) is 4. The van der Waals surface area contributed by atoms with E-state index in [1.54, 1.807) is 53.0 Å². The number of nitriles is 1. The van der Waals surface area contributed by atoms with Crippen molar-refractivity contribution in [2.75, 3.05) is 0 Å². The van der Waals surface area contributed by atoms with E-state index in [0.29, 0.717) is 32.6 Å². The van der Waals surface area contributed by atoms with Crippen LogP contribution in [0.15, 0.2) is 59.1 Å². The van der Waals surface area contributed by atoms with Crippen molar-refractivity contribution in [3.63, 3.8) is 0 Å². The molecule has 0 N–H and O–H groups in total. The van der Waals surface area contributed by atoms with Gasteiger partial charge >= 0.3 is 0 Å². The van der Waals surface area contributed by atoms with Crippen LogP contribution < -0.4 is 0 Å². The Morgan fingerprint density at radius 3 is 2.54 bits per heavy atom. The Labute approximate surface area is 168 Å². The van der Waals surface area contributed by atoms with Gasteiger partial charge in [-0.05, 0) is 36.4 Å².